The van der Waals surface area contributed by atoms with Crippen LogP contribution in [0.15, 0.2) is 65.6 Å². The number of hydrogen-bond acceptors (Lipinski definition) is 3. The molecule has 0 saturated carbocycles. The predicted molar refractivity (Wildman–Crippen MR) is 99.1 cm³/mol. The SMILES string of the molecule is Cc1cc(NC(=O)CSc2ccc(Cl)cc2)n(-c2ccccc2)n1. The number of rotatable bonds is 5. The summed E-state index contributed by atoms with van der Waals surface area (Å²) < 4.78 is 1.74. The fourth-order valence-corrected chi connectivity index (χ4v) is 3.04. The van der Waals surface area contributed by atoms with Crippen LogP contribution in [-0.4, -0.2) is 21.4 Å². The molecule has 0 fully saturated rings. The van der Waals surface area contributed by atoms with Gasteiger partial charge in [-0.1, -0.05) is 29.8 Å². The molecule has 0 saturated heterocycles. The lowest BCUT2D eigenvalue weighted by atomic mass is 10.3. The van der Waals surface area contributed by atoms with Crippen molar-refractivity contribution in [3.63, 3.8) is 0 Å². The van der Waals surface area contributed by atoms with Crippen molar-refractivity contribution in [1.29, 1.82) is 0 Å². The Kier molecular flexibility index (Phi) is 5.23. The Morgan fingerprint density at radius 2 is 1.88 bits per heavy atom. The summed E-state index contributed by atoms with van der Waals surface area (Å²) in [6.45, 7) is 1.90. The summed E-state index contributed by atoms with van der Waals surface area (Å²) in [4.78, 5) is 13.2. The van der Waals surface area contributed by atoms with E-state index < -0.39 is 0 Å². The van der Waals surface area contributed by atoms with Crippen molar-refractivity contribution >= 4 is 35.1 Å². The molecule has 0 unspecified atom stereocenters. The van der Waals surface area contributed by atoms with Crippen LogP contribution in [0.25, 0.3) is 5.69 Å². The van der Waals surface area contributed by atoms with Crippen molar-refractivity contribution in [2.45, 2.75) is 11.8 Å². The predicted octanol–water partition coefficient (Wildman–Crippen LogP) is 4.56. The monoisotopic (exact) mass is 357 g/mol. The van der Waals surface area contributed by atoms with E-state index in [4.69, 9.17) is 11.6 Å². The number of thioether (sulfide) groups is 1. The maximum Gasteiger partial charge on any atom is 0.235 e. The maximum atomic E-state index is 12.2. The Morgan fingerprint density at radius 3 is 2.58 bits per heavy atom. The molecule has 24 heavy (non-hydrogen) atoms. The standard InChI is InChI=1S/C18H16ClN3OS/c1-13-11-17(22(21-13)15-5-3-2-4-6-15)20-18(23)12-24-16-9-7-14(19)8-10-16/h2-11H,12H2,1H3,(H,20,23). The van der Waals surface area contributed by atoms with Crippen molar-refractivity contribution in [3.8, 4) is 5.69 Å². The van der Waals surface area contributed by atoms with E-state index in [0.717, 1.165) is 16.3 Å². The molecule has 0 aliphatic carbocycles. The second-order valence-electron chi connectivity index (χ2n) is 5.21. The summed E-state index contributed by atoms with van der Waals surface area (Å²) in [5.41, 5.74) is 1.76. The van der Waals surface area contributed by atoms with Crippen molar-refractivity contribution in [1.82, 2.24) is 9.78 Å². The molecular weight excluding hydrogens is 342 g/mol. The van der Waals surface area contributed by atoms with Gasteiger partial charge < -0.3 is 5.32 Å². The number of carbonyl (C=O) groups excluding carboxylic acids is 1. The van der Waals surface area contributed by atoms with Crippen LogP contribution >= 0.6 is 23.4 Å². The molecule has 1 aromatic heterocycles. The van der Waals surface area contributed by atoms with Crippen molar-refractivity contribution < 1.29 is 4.79 Å². The highest BCUT2D eigenvalue weighted by molar-refractivity contribution is 8.00. The second kappa shape index (κ2) is 7.55. The van der Waals surface area contributed by atoms with Gasteiger partial charge in [-0.05, 0) is 43.3 Å². The molecule has 1 N–H and O–H groups in total. The molecule has 0 spiro atoms. The van der Waals surface area contributed by atoms with Gasteiger partial charge >= 0.3 is 0 Å². The molecule has 0 aliphatic heterocycles. The van der Waals surface area contributed by atoms with Gasteiger partial charge in [0.2, 0.25) is 5.91 Å². The molecular formula is C18H16ClN3OS. The molecule has 4 nitrogen and oxygen atoms in total. The third-order valence-electron chi connectivity index (χ3n) is 3.28. The zero-order chi connectivity index (χ0) is 16.9. The molecule has 0 bridgehead atoms. The number of nitrogens with one attached hydrogen (secondary N) is 1. The summed E-state index contributed by atoms with van der Waals surface area (Å²) in [5.74, 6) is 0.910. The zero-order valence-corrected chi connectivity index (χ0v) is 14.6. The minimum absolute atomic E-state index is 0.0768. The molecule has 2 aromatic carbocycles. The number of nitrogens with zero attached hydrogens (tertiary/aromatic N) is 2. The Labute approximate surface area is 149 Å². The topological polar surface area (TPSA) is 46.9 Å². The van der Waals surface area contributed by atoms with Gasteiger partial charge in [0.05, 0.1) is 17.1 Å². The number of aromatic nitrogens is 2. The minimum atomic E-state index is -0.0768. The maximum absolute atomic E-state index is 12.2. The second-order valence-corrected chi connectivity index (χ2v) is 6.69. The number of halogens is 1. The normalized spacial score (nSPS) is 10.6. The molecule has 1 amide bonds. The van der Waals surface area contributed by atoms with Gasteiger partial charge in [-0.15, -0.1) is 11.8 Å². The van der Waals surface area contributed by atoms with Gasteiger partial charge in [0.25, 0.3) is 0 Å². The first-order chi connectivity index (χ1) is 11.6. The lowest BCUT2D eigenvalue weighted by molar-refractivity contribution is -0.113. The van der Waals surface area contributed by atoms with Crippen LogP contribution in [0.5, 0.6) is 0 Å². The van der Waals surface area contributed by atoms with Gasteiger partial charge in [-0.25, -0.2) is 4.68 Å². The summed E-state index contributed by atoms with van der Waals surface area (Å²) in [5, 5.41) is 8.05. The highest BCUT2D eigenvalue weighted by atomic mass is 35.5. The van der Waals surface area contributed by atoms with Crippen LogP contribution in [0.2, 0.25) is 5.02 Å². The first-order valence-electron chi connectivity index (χ1n) is 7.42. The van der Waals surface area contributed by atoms with Crippen molar-refractivity contribution in [2.75, 3.05) is 11.1 Å². The number of amides is 1. The number of carbonyl (C=O) groups is 1. The van der Waals surface area contributed by atoms with Gasteiger partial charge in [0.15, 0.2) is 0 Å². The lowest BCUT2D eigenvalue weighted by Gasteiger charge is -2.08. The molecule has 6 heteroatoms. The van der Waals surface area contributed by atoms with Gasteiger partial charge in [-0.3, -0.25) is 4.79 Å². The fourth-order valence-electron chi connectivity index (χ4n) is 2.21. The quantitative estimate of drug-likeness (QED) is 0.680. The van der Waals surface area contributed by atoms with E-state index in [1.807, 2.05) is 67.6 Å². The Balaban J connectivity index is 1.67. The minimum Gasteiger partial charge on any atom is -0.310 e. The van der Waals surface area contributed by atoms with E-state index in [1.165, 1.54) is 11.8 Å². The lowest BCUT2D eigenvalue weighted by Crippen LogP contribution is -2.16. The van der Waals surface area contributed by atoms with E-state index in [2.05, 4.69) is 10.4 Å². The number of para-hydroxylation sites is 1. The smallest absolute Gasteiger partial charge is 0.235 e. The third kappa shape index (κ3) is 4.19. The van der Waals surface area contributed by atoms with Crippen LogP contribution in [0.1, 0.15) is 5.69 Å². The molecule has 0 aliphatic rings. The Morgan fingerprint density at radius 1 is 1.17 bits per heavy atom. The van der Waals surface area contributed by atoms with Crippen LogP contribution in [0.3, 0.4) is 0 Å². The van der Waals surface area contributed by atoms with Gasteiger partial charge in [0.1, 0.15) is 5.82 Å². The van der Waals surface area contributed by atoms with Crippen molar-refractivity contribution in [3.05, 3.63) is 71.4 Å². The van der Waals surface area contributed by atoms with Crippen LogP contribution in [0, 0.1) is 6.92 Å². The first-order valence-corrected chi connectivity index (χ1v) is 8.78. The average Bonchev–Trinajstić information content (AvgIpc) is 2.95. The fraction of sp³-hybridized carbons (Fsp3) is 0.111. The molecule has 122 valence electrons. The summed E-state index contributed by atoms with van der Waals surface area (Å²) >= 11 is 7.33. The zero-order valence-electron chi connectivity index (χ0n) is 13.1. The van der Waals surface area contributed by atoms with Crippen LogP contribution in [-0.2, 0) is 4.79 Å². The van der Waals surface area contributed by atoms with Crippen molar-refractivity contribution in [2.24, 2.45) is 0 Å². The van der Waals surface area contributed by atoms with E-state index in [-0.39, 0.29) is 5.91 Å². The first kappa shape index (κ1) is 16.6. The van der Waals surface area contributed by atoms with Gasteiger partial charge in [-0.2, -0.15) is 5.10 Å². The highest BCUT2D eigenvalue weighted by Crippen LogP contribution is 2.21. The van der Waals surface area contributed by atoms with E-state index >= 15 is 0 Å². The van der Waals surface area contributed by atoms with Crippen LogP contribution in [0.4, 0.5) is 5.82 Å². The number of anilines is 1. The molecule has 1 heterocycles. The summed E-state index contributed by atoms with van der Waals surface area (Å²) in [7, 11) is 0. The average molecular weight is 358 g/mol. The Hall–Kier alpha value is -2.24. The number of benzene rings is 2. The molecule has 0 atom stereocenters. The summed E-state index contributed by atoms with van der Waals surface area (Å²) in [6, 6.07) is 19.0. The van der Waals surface area contributed by atoms with Gasteiger partial charge in [0, 0.05) is 16.0 Å². The molecule has 3 aromatic rings. The van der Waals surface area contributed by atoms with E-state index in [9.17, 15) is 4.79 Å². The largest absolute Gasteiger partial charge is 0.310 e. The van der Waals surface area contributed by atoms with E-state index in [0.29, 0.717) is 16.6 Å². The number of aryl methyl sites for hydroxylation is 1. The Bertz CT molecular complexity index is 831. The molecule has 3 rings (SSSR count). The van der Waals surface area contributed by atoms with Crippen LogP contribution < -0.4 is 5.32 Å². The van der Waals surface area contributed by atoms with E-state index in [1.54, 1.807) is 4.68 Å². The third-order valence-corrected chi connectivity index (χ3v) is 4.55. The number of hydrogen-bond donors (Lipinski definition) is 1. The molecule has 0 radical (unpaired) electrons. The summed E-state index contributed by atoms with van der Waals surface area (Å²) in [6.07, 6.45) is 0. The highest BCUT2D eigenvalue weighted by Gasteiger charge is 2.11.